The normalized spacial score (nSPS) is 16.3. The quantitative estimate of drug-likeness (QED) is 0.179. The molecule has 0 unspecified atom stereocenters. The van der Waals surface area contributed by atoms with E-state index in [4.69, 9.17) is 28.4 Å². The molecule has 1 heterocycles. The van der Waals surface area contributed by atoms with Gasteiger partial charge in [0.2, 0.25) is 0 Å². The summed E-state index contributed by atoms with van der Waals surface area (Å²) in [6.07, 6.45) is -3.19. The van der Waals surface area contributed by atoms with Crippen molar-refractivity contribution in [3.8, 4) is 23.0 Å². The Morgan fingerprint density at radius 2 is 0.587 bits per heavy atom. The van der Waals surface area contributed by atoms with Gasteiger partial charge in [-0.1, -0.05) is 0 Å². The summed E-state index contributed by atoms with van der Waals surface area (Å²) in [5.74, 6) is 0.166. The third kappa shape index (κ3) is 14.5. The summed E-state index contributed by atoms with van der Waals surface area (Å²) >= 11 is 0. The van der Waals surface area contributed by atoms with Crippen LogP contribution in [0.15, 0.2) is 24.3 Å². The fourth-order valence-electron chi connectivity index (χ4n) is 4.26. The van der Waals surface area contributed by atoms with E-state index in [9.17, 15) is 57.4 Å². The van der Waals surface area contributed by atoms with Crippen LogP contribution in [0.3, 0.4) is 0 Å². The molecule has 46 heavy (non-hydrogen) atoms. The summed E-state index contributed by atoms with van der Waals surface area (Å²) in [5, 5.41) is 0. The molecule has 0 bridgehead atoms. The molecule has 8 N–H and O–H groups in total. The minimum Gasteiger partial charge on any atom is -0.487 e. The smallest absolute Gasteiger partial charge is 0.329 e. The zero-order valence-electron chi connectivity index (χ0n) is 24.2. The van der Waals surface area contributed by atoms with Crippen molar-refractivity contribution >= 4 is 30.4 Å². The summed E-state index contributed by atoms with van der Waals surface area (Å²) in [6.45, 7) is -0.405. The Kier molecular flexibility index (Phi) is 13.9. The molecule has 2 aromatic rings. The van der Waals surface area contributed by atoms with Gasteiger partial charge in [-0.2, -0.15) is 0 Å². The number of hydrogen-bond donors (Lipinski definition) is 8. The van der Waals surface area contributed by atoms with Gasteiger partial charge in [-0.05, 0) is 46.5 Å². The second kappa shape index (κ2) is 16.5. The fraction of sp³-hybridized carbons (Fsp3) is 0.500. The lowest BCUT2D eigenvalue weighted by Gasteiger charge is -2.20. The molecular weight excluding hydrogens is 700 g/mol. The second-order valence-electron chi connectivity index (χ2n) is 10.0. The molecule has 0 saturated heterocycles. The summed E-state index contributed by atoms with van der Waals surface area (Å²) in [7, 11) is -18.5. The average Bonchev–Trinajstić information content (AvgIpc) is 2.87. The summed E-state index contributed by atoms with van der Waals surface area (Å²) in [5.41, 5.74) is -0.150. The van der Waals surface area contributed by atoms with Crippen LogP contribution in [0.25, 0.3) is 0 Å². The SMILES string of the molecule is O=P(O)(O)Cc1cc2c(cc1CP(=O)(O)O)OCCOCCOc1cc(CP(=O)(O)O)c(CP(=O)(O)O)cc1OCCOCCO2. The Labute approximate surface area is 263 Å². The monoisotopic (exact) mass is 736 g/mol. The molecule has 18 nitrogen and oxygen atoms in total. The number of hydrogen-bond acceptors (Lipinski definition) is 10. The number of fused-ring (bicyclic) bond motifs is 2. The van der Waals surface area contributed by atoms with Crippen molar-refractivity contribution in [3.63, 3.8) is 0 Å². The molecule has 0 spiro atoms. The molecule has 22 heteroatoms. The number of benzene rings is 2. The van der Waals surface area contributed by atoms with Gasteiger partial charge in [0.15, 0.2) is 23.0 Å². The van der Waals surface area contributed by atoms with Crippen LogP contribution in [-0.2, 0) is 52.4 Å². The van der Waals surface area contributed by atoms with E-state index in [0.29, 0.717) is 0 Å². The van der Waals surface area contributed by atoms with Crippen LogP contribution in [0.2, 0.25) is 0 Å². The van der Waals surface area contributed by atoms with Crippen LogP contribution >= 0.6 is 30.4 Å². The summed E-state index contributed by atoms with van der Waals surface area (Å²) in [6, 6.07) is 4.95. The lowest BCUT2D eigenvalue weighted by atomic mass is 10.1. The van der Waals surface area contributed by atoms with E-state index in [1.807, 2.05) is 0 Å². The first-order valence-corrected chi connectivity index (χ1v) is 20.6. The molecule has 1 aliphatic rings. The lowest BCUT2D eigenvalue weighted by molar-refractivity contribution is 0.0639. The number of ether oxygens (including phenoxy) is 6. The van der Waals surface area contributed by atoms with Crippen LogP contribution in [-0.4, -0.2) is 92.0 Å². The molecule has 260 valence electrons. The van der Waals surface area contributed by atoms with Gasteiger partial charge in [-0.25, -0.2) is 0 Å². The highest BCUT2D eigenvalue weighted by Crippen LogP contribution is 2.48. The maximum atomic E-state index is 11.7. The van der Waals surface area contributed by atoms with E-state index in [0.717, 1.165) is 0 Å². The van der Waals surface area contributed by atoms with Gasteiger partial charge in [-0.15, -0.1) is 0 Å². The van der Waals surface area contributed by atoms with E-state index in [1.165, 1.54) is 24.3 Å². The van der Waals surface area contributed by atoms with Crippen molar-refractivity contribution in [1.82, 2.24) is 0 Å². The molecule has 0 fully saturated rings. The highest BCUT2D eigenvalue weighted by molar-refractivity contribution is 7.51. The van der Waals surface area contributed by atoms with Crippen molar-refractivity contribution in [1.29, 1.82) is 0 Å². The second-order valence-corrected chi connectivity index (χ2v) is 16.6. The van der Waals surface area contributed by atoms with E-state index in [-0.39, 0.29) is 98.1 Å². The first kappa shape index (κ1) is 38.6. The highest BCUT2D eigenvalue weighted by atomic mass is 31.2. The molecule has 0 amide bonds. The minimum atomic E-state index is -4.63. The molecule has 0 aliphatic carbocycles. The van der Waals surface area contributed by atoms with Gasteiger partial charge in [0, 0.05) is 0 Å². The van der Waals surface area contributed by atoms with Crippen molar-refractivity contribution in [3.05, 3.63) is 46.5 Å². The molecule has 0 saturated carbocycles. The molecule has 3 rings (SSSR count). The minimum absolute atomic E-state index is 0.0159. The Bertz CT molecular complexity index is 1300. The van der Waals surface area contributed by atoms with Crippen molar-refractivity contribution in [2.75, 3.05) is 52.9 Å². The Balaban J connectivity index is 1.82. The fourth-order valence-corrected chi connectivity index (χ4v) is 7.21. The van der Waals surface area contributed by atoms with E-state index < -0.39 is 55.0 Å². The van der Waals surface area contributed by atoms with Gasteiger partial charge in [0.05, 0.1) is 51.1 Å². The van der Waals surface area contributed by atoms with Crippen LogP contribution in [0.5, 0.6) is 23.0 Å². The molecule has 0 radical (unpaired) electrons. The first-order chi connectivity index (χ1) is 21.3. The van der Waals surface area contributed by atoms with E-state index >= 15 is 0 Å². The van der Waals surface area contributed by atoms with Crippen molar-refractivity contribution in [2.24, 2.45) is 0 Å². The van der Waals surface area contributed by atoms with Gasteiger partial charge >= 0.3 is 30.4 Å². The van der Waals surface area contributed by atoms with Crippen molar-refractivity contribution in [2.45, 2.75) is 24.6 Å². The lowest BCUT2D eigenvalue weighted by Crippen LogP contribution is -2.16. The largest absolute Gasteiger partial charge is 0.487 e. The van der Waals surface area contributed by atoms with Gasteiger partial charge in [-0.3, -0.25) is 18.3 Å². The molecule has 0 aromatic heterocycles. The van der Waals surface area contributed by atoms with Gasteiger partial charge in [0.25, 0.3) is 0 Å². The predicted octanol–water partition coefficient (Wildman–Crippen LogP) is 1.66. The number of rotatable bonds is 8. The van der Waals surface area contributed by atoms with Crippen LogP contribution in [0, 0.1) is 0 Å². The third-order valence-electron chi connectivity index (χ3n) is 5.98. The summed E-state index contributed by atoms with van der Waals surface area (Å²) < 4.78 is 80.7. The predicted molar refractivity (Wildman–Crippen MR) is 159 cm³/mol. The van der Waals surface area contributed by atoms with E-state index in [1.54, 1.807) is 0 Å². The maximum absolute atomic E-state index is 11.7. The topological polar surface area (TPSA) is 286 Å². The molecule has 0 atom stereocenters. The highest BCUT2D eigenvalue weighted by Gasteiger charge is 2.26. The zero-order valence-corrected chi connectivity index (χ0v) is 27.8. The van der Waals surface area contributed by atoms with Crippen LogP contribution in [0.1, 0.15) is 22.3 Å². The zero-order chi connectivity index (χ0) is 34.2. The maximum Gasteiger partial charge on any atom is 0.329 e. The Hall–Kier alpha value is -1.84. The first-order valence-electron chi connectivity index (χ1n) is 13.4. The van der Waals surface area contributed by atoms with Crippen molar-refractivity contribution < 1.29 is 85.8 Å². The average molecular weight is 736 g/mol. The van der Waals surface area contributed by atoms with E-state index in [2.05, 4.69) is 0 Å². The van der Waals surface area contributed by atoms with Gasteiger partial charge < -0.3 is 67.6 Å². The standard InChI is InChI=1S/C24H36O18P4/c25-43(26,27)13-17-9-21-22(10-18(17)14-44(28,29)30)41-7-3-38-4-8-42-24-12-20(16-46(34,35)36)19(15-45(31,32)33)11-23(24)40-6-2-37-1-5-39-21/h9-12H,1-8,13-16H2,(H2,25,26,27)(H2,28,29,30)(H2,31,32,33)(H2,34,35,36). The van der Waals surface area contributed by atoms with Gasteiger partial charge in [0.1, 0.15) is 26.4 Å². The van der Waals surface area contributed by atoms with Crippen LogP contribution < -0.4 is 18.9 Å². The Morgan fingerprint density at radius 1 is 0.391 bits per heavy atom. The molecule has 2 aromatic carbocycles. The third-order valence-corrected chi connectivity index (χ3v) is 8.99. The summed E-state index contributed by atoms with van der Waals surface area (Å²) in [4.78, 5) is 76.0. The molecule has 1 aliphatic heterocycles. The van der Waals surface area contributed by atoms with Crippen LogP contribution in [0.4, 0.5) is 0 Å². The Morgan fingerprint density at radius 3 is 0.761 bits per heavy atom. The molecular formula is C24H36O18P4.